The van der Waals surface area contributed by atoms with Crippen molar-refractivity contribution in [1.82, 2.24) is 4.57 Å². The van der Waals surface area contributed by atoms with Gasteiger partial charge >= 0.3 is 0 Å². The minimum atomic E-state index is -0.0780. The van der Waals surface area contributed by atoms with E-state index >= 15 is 0 Å². The summed E-state index contributed by atoms with van der Waals surface area (Å²) in [6.45, 7) is 0. The van der Waals surface area contributed by atoms with E-state index in [0.29, 0.717) is 0 Å². The van der Waals surface area contributed by atoms with Gasteiger partial charge in [0.25, 0.3) is 0 Å². The summed E-state index contributed by atoms with van der Waals surface area (Å²) in [7, 11) is 0. The van der Waals surface area contributed by atoms with Crippen LogP contribution < -0.4 is 5.32 Å². The molecule has 0 saturated heterocycles. The Morgan fingerprint density at radius 1 is 0.619 bits per heavy atom. The number of amidine groups is 1. The van der Waals surface area contributed by atoms with Crippen LogP contribution >= 0.6 is 0 Å². The molecule has 1 aliphatic rings. The minimum Gasteiger partial charge on any atom is -0.454 e. The zero-order valence-electron chi connectivity index (χ0n) is 22.7. The van der Waals surface area contributed by atoms with Gasteiger partial charge in [-0.1, -0.05) is 103 Å². The van der Waals surface area contributed by atoms with E-state index in [1.165, 1.54) is 21.9 Å². The summed E-state index contributed by atoms with van der Waals surface area (Å²) in [4.78, 5) is 5.27. The third-order valence-electron chi connectivity index (χ3n) is 8.44. The zero-order chi connectivity index (χ0) is 27.6. The molecule has 0 aliphatic carbocycles. The summed E-state index contributed by atoms with van der Waals surface area (Å²) < 4.78 is 8.89. The second kappa shape index (κ2) is 8.95. The van der Waals surface area contributed by atoms with Gasteiger partial charge in [-0.2, -0.15) is 0 Å². The maximum Gasteiger partial charge on any atom is 0.160 e. The topological polar surface area (TPSA) is 42.5 Å². The minimum absolute atomic E-state index is 0.0780. The molecule has 1 unspecified atom stereocenters. The Bertz CT molecular complexity index is 2340. The summed E-state index contributed by atoms with van der Waals surface area (Å²) in [6, 6.07) is 48.8. The van der Waals surface area contributed by atoms with Crippen LogP contribution in [0.5, 0.6) is 0 Å². The number of para-hydroxylation sites is 3. The summed E-state index contributed by atoms with van der Waals surface area (Å²) in [5, 5.41) is 8.26. The number of fused-ring (bicyclic) bond motifs is 8. The number of nitrogens with zero attached hydrogens (tertiary/aromatic N) is 2. The zero-order valence-corrected chi connectivity index (χ0v) is 22.7. The molecule has 3 heterocycles. The average Bonchev–Trinajstić information content (AvgIpc) is 3.61. The molecule has 1 atom stereocenters. The van der Waals surface area contributed by atoms with Crippen LogP contribution in [0.1, 0.15) is 22.7 Å². The molecule has 4 nitrogen and oxygen atoms in total. The number of aromatic nitrogens is 1. The Morgan fingerprint density at radius 2 is 1.38 bits per heavy atom. The third kappa shape index (κ3) is 3.39. The summed E-state index contributed by atoms with van der Waals surface area (Å²) in [5.41, 5.74) is 9.56. The van der Waals surface area contributed by atoms with Gasteiger partial charge < -0.3 is 14.3 Å². The highest BCUT2D eigenvalue weighted by Crippen LogP contribution is 2.41. The van der Waals surface area contributed by atoms with Crippen LogP contribution in [0.25, 0.3) is 49.4 Å². The SMILES string of the molecule is c1ccc(C2N=C(c3cccc(-n4c5ccccc5c5ccc6c7ccccc7oc6c54)c3)Nc3ccccc32)cc1. The van der Waals surface area contributed by atoms with Crippen LogP contribution in [-0.4, -0.2) is 10.4 Å². The highest BCUT2D eigenvalue weighted by Gasteiger charge is 2.24. The first-order valence-electron chi connectivity index (χ1n) is 14.3. The van der Waals surface area contributed by atoms with E-state index in [0.717, 1.165) is 55.7 Å². The van der Waals surface area contributed by atoms with E-state index in [2.05, 4.69) is 137 Å². The monoisotopic (exact) mass is 539 g/mol. The van der Waals surface area contributed by atoms with E-state index in [1.807, 2.05) is 12.1 Å². The lowest BCUT2D eigenvalue weighted by atomic mass is 9.95. The van der Waals surface area contributed by atoms with Gasteiger partial charge in [-0.3, -0.25) is 4.99 Å². The van der Waals surface area contributed by atoms with Crippen molar-refractivity contribution in [2.45, 2.75) is 6.04 Å². The summed E-state index contributed by atoms with van der Waals surface area (Å²) in [5.74, 6) is 0.860. The van der Waals surface area contributed by atoms with Gasteiger partial charge in [-0.15, -0.1) is 0 Å². The molecule has 0 amide bonds. The highest BCUT2D eigenvalue weighted by molar-refractivity contribution is 6.21. The number of anilines is 1. The number of hydrogen-bond acceptors (Lipinski definition) is 3. The standard InChI is InChI=1S/C38H25N3O/c1-2-11-24(12-3-1)35-31-17-4-7-18-32(31)39-38(40-35)25-13-10-14-26(23-25)41-33-19-8-5-15-27(33)29-21-22-30-28-16-6-9-20-34(28)42-37(30)36(29)41/h1-23,35H,(H,39,40). The molecule has 0 bridgehead atoms. The molecule has 8 aromatic rings. The van der Waals surface area contributed by atoms with Crippen LogP contribution in [0.4, 0.5) is 5.69 Å². The summed E-state index contributed by atoms with van der Waals surface area (Å²) >= 11 is 0. The Kier molecular flexibility index (Phi) is 4.93. The Labute approximate surface area is 242 Å². The maximum atomic E-state index is 6.55. The second-order valence-electron chi connectivity index (χ2n) is 10.8. The molecule has 1 aliphatic heterocycles. The van der Waals surface area contributed by atoms with E-state index in [-0.39, 0.29) is 6.04 Å². The van der Waals surface area contributed by atoms with Crippen molar-refractivity contribution in [3.8, 4) is 5.69 Å². The van der Waals surface area contributed by atoms with Crippen LogP contribution in [-0.2, 0) is 0 Å². The van der Waals surface area contributed by atoms with Crippen LogP contribution in [0.2, 0.25) is 0 Å². The van der Waals surface area contributed by atoms with Crippen molar-refractivity contribution in [3.05, 3.63) is 156 Å². The number of rotatable bonds is 3. The molecular formula is C38H25N3O. The van der Waals surface area contributed by atoms with Gasteiger partial charge in [0.05, 0.1) is 11.0 Å². The normalized spacial score (nSPS) is 14.8. The smallest absolute Gasteiger partial charge is 0.160 e. The van der Waals surface area contributed by atoms with Crippen molar-refractivity contribution < 1.29 is 4.42 Å². The molecule has 0 radical (unpaired) electrons. The molecule has 2 aromatic heterocycles. The number of benzene rings is 6. The predicted molar refractivity (Wildman–Crippen MR) is 173 cm³/mol. The van der Waals surface area contributed by atoms with E-state index in [4.69, 9.17) is 9.41 Å². The third-order valence-corrected chi connectivity index (χ3v) is 8.44. The van der Waals surface area contributed by atoms with E-state index in [1.54, 1.807) is 0 Å². The molecule has 0 saturated carbocycles. The Morgan fingerprint density at radius 3 is 2.31 bits per heavy atom. The van der Waals surface area contributed by atoms with Gasteiger partial charge in [0, 0.05) is 44.0 Å². The highest BCUT2D eigenvalue weighted by atomic mass is 16.3. The molecule has 198 valence electrons. The van der Waals surface area contributed by atoms with Crippen molar-refractivity contribution in [3.63, 3.8) is 0 Å². The quantitative estimate of drug-likeness (QED) is 0.243. The number of aliphatic imine (C=N–C) groups is 1. The molecule has 6 aromatic carbocycles. The lowest BCUT2D eigenvalue weighted by molar-refractivity contribution is 0.671. The fourth-order valence-corrected chi connectivity index (χ4v) is 6.54. The fourth-order valence-electron chi connectivity index (χ4n) is 6.54. The molecule has 4 heteroatoms. The van der Waals surface area contributed by atoms with Gasteiger partial charge in [0.2, 0.25) is 0 Å². The maximum absolute atomic E-state index is 6.55. The van der Waals surface area contributed by atoms with Crippen LogP contribution in [0.3, 0.4) is 0 Å². The first kappa shape index (κ1) is 23.1. The first-order chi connectivity index (χ1) is 20.8. The van der Waals surface area contributed by atoms with E-state index < -0.39 is 0 Å². The van der Waals surface area contributed by atoms with Gasteiger partial charge in [0.15, 0.2) is 5.58 Å². The largest absolute Gasteiger partial charge is 0.454 e. The van der Waals surface area contributed by atoms with Crippen LogP contribution in [0, 0.1) is 0 Å². The molecule has 42 heavy (non-hydrogen) atoms. The van der Waals surface area contributed by atoms with Gasteiger partial charge in [0.1, 0.15) is 17.5 Å². The average molecular weight is 540 g/mol. The van der Waals surface area contributed by atoms with Crippen LogP contribution in [0.15, 0.2) is 149 Å². The molecule has 0 fully saturated rings. The van der Waals surface area contributed by atoms with Gasteiger partial charge in [-0.05, 0) is 42.0 Å². The fraction of sp³-hybridized carbons (Fsp3) is 0.0263. The number of nitrogens with one attached hydrogen (secondary N) is 1. The van der Waals surface area contributed by atoms with Crippen molar-refractivity contribution >= 4 is 55.3 Å². The summed E-state index contributed by atoms with van der Waals surface area (Å²) in [6.07, 6.45) is 0. The molecular weight excluding hydrogens is 514 g/mol. The molecule has 9 rings (SSSR count). The lowest BCUT2D eigenvalue weighted by Crippen LogP contribution is -2.22. The Hall–Kier alpha value is -5.61. The molecule has 0 spiro atoms. The second-order valence-corrected chi connectivity index (χ2v) is 10.8. The Balaban J connectivity index is 1.28. The lowest BCUT2D eigenvalue weighted by Gasteiger charge is -2.26. The van der Waals surface area contributed by atoms with Crippen molar-refractivity contribution in [1.29, 1.82) is 0 Å². The van der Waals surface area contributed by atoms with Crippen molar-refractivity contribution in [2.75, 3.05) is 5.32 Å². The first-order valence-corrected chi connectivity index (χ1v) is 14.3. The van der Waals surface area contributed by atoms with E-state index in [9.17, 15) is 0 Å². The number of hydrogen-bond donors (Lipinski definition) is 1. The van der Waals surface area contributed by atoms with Gasteiger partial charge in [-0.25, -0.2) is 0 Å². The number of furan rings is 1. The predicted octanol–water partition coefficient (Wildman–Crippen LogP) is 9.64. The molecule has 1 N–H and O–H groups in total. The van der Waals surface area contributed by atoms with Crippen molar-refractivity contribution in [2.24, 2.45) is 4.99 Å².